The van der Waals surface area contributed by atoms with Crippen LogP contribution < -0.4 is 16.0 Å². The van der Waals surface area contributed by atoms with Crippen molar-refractivity contribution in [3.05, 3.63) is 42.7 Å². The second kappa shape index (κ2) is 6.45. The van der Waals surface area contributed by atoms with Crippen molar-refractivity contribution in [1.82, 2.24) is 25.3 Å². The van der Waals surface area contributed by atoms with Crippen molar-refractivity contribution in [3.8, 4) is 22.7 Å². The van der Waals surface area contributed by atoms with Gasteiger partial charge in [-0.2, -0.15) is 5.10 Å². The van der Waals surface area contributed by atoms with Gasteiger partial charge in [-0.25, -0.2) is 4.68 Å². The number of phenols is 1. The van der Waals surface area contributed by atoms with E-state index in [0.29, 0.717) is 35.7 Å². The van der Waals surface area contributed by atoms with E-state index in [4.69, 9.17) is 5.73 Å². The molecule has 4 rings (SSSR count). The third-order valence-electron chi connectivity index (χ3n) is 4.20. The second-order valence-electron chi connectivity index (χ2n) is 5.88. The number of nitrogens with one attached hydrogen (secondary N) is 1. The van der Waals surface area contributed by atoms with Gasteiger partial charge in [0.2, 0.25) is 5.91 Å². The van der Waals surface area contributed by atoms with Gasteiger partial charge in [-0.3, -0.25) is 4.79 Å². The lowest BCUT2D eigenvalue weighted by Crippen LogP contribution is -2.48. The highest BCUT2D eigenvalue weighted by Gasteiger charge is 2.21. The Hall–Kier alpha value is -3.46. The molecule has 0 unspecified atom stereocenters. The Bertz CT molecular complexity index is 969. The van der Waals surface area contributed by atoms with E-state index in [-0.39, 0.29) is 17.5 Å². The Kier molecular flexibility index (Phi) is 3.98. The third-order valence-corrected chi connectivity index (χ3v) is 4.20. The fraction of sp³-hybridized carbons (Fsp3) is 0.176. The zero-order valence-corrected chi connectivity index (χ0v) is 13.8. The molecule has 1 aromatic carbocycles. The van der Waals surface area contributed by atoms with Crippen LogP contribution in [0.2, 0.25) is 0 Å². The zero-order chi connectivity index (χ0) is 18.1. The van der Waals surface area contributed by atoms with Gasteiger partial charge in [-0.15, -0.1) is 10.2 Å². The number of piperazine rings is 1. The highest BCUT2D eigenvalue weighted by Crippen LogP contribution is 2.29. The second-order valence-corrected chi connectivity index (χ2v) is 5.88. The summed E-state index contributed by atoms with van der Waals surface area (Å²) in [5.74, 6) is 0.294. The van der Waals surface area contributed by atoms with Crippen LogP contribution in [0, 0.1) is 0 Å². The molecule has 132 valence electrons. The van der Waals surface area contributed by atoms with Gasteiger partial charge in [-0.05, 0) is 18.2 Å². The molecule has 1 amide bonds. The normalized spacial score (nSPS) is 14.6. The number of carbonyl (C=O) groups is 1. The topological polar surface area (TPSA) is 122 Å². The maximum absolute atomic E-state index is 12.0. The van der Waals surface area contributed by atoms with E-state index in [1.165, 1.54) is 0 Å². The van der Waals surface area contributed by atoms with Gasteiger partial charge in [0, 0.05) is 18.7 Å². The van der Waals surface area contributed by atoms with Crippen molar-refractivity contribution < 1.29 is 9.90 Å². The minimum Gasteiger partial charge on any atom is -0.507 e. The van der Waals surface area contributed by atoms with Gasteiger partial charge in [0.05, 0.1) is 30.3 Å². The number of rotatable bonds is 3. The minimum absolute atomic E-state index is 0.00785. The van der Waals surface area contributed by atoms with E-state index >= 15 is 0 Å². The van der Waals surface area contributed by atoms with E-state index < -0.39 is 0 Å². The molecule has 9 heteroatoms. The quantitative estimate of drug-likeness (QED) is 0.630. The summed E-state index contributed by atoms with van der Waals surface area (Å²) in [4.78, 5) is 13.7. The van der Waals surface area contributed by atoms with Crippen LogP contribution in [0.3, 0.4) is 0 Å². The van der Waals surface area contributed by atoms with E-state index in [9.17, 15) is 9.90 Å². The first kappa shape index (κ1) is 16.0. The lowest BCUT2D eigenvalue weighted by Gasteiger charge is -2.25. The van der Waals surface area contributed by atoms with E-state index in [1.54, 1.807) is 52.3 Å². The monoisotopic (exact) mass is 351 g/mol. The average molecular weight is 351 g/mol. The summed E-state index contributed by atoms with van der Waals surface area (Å²) < 4.78 is 1.55. The third kappa shape index (κ3) is 2.84. The summed E-state index contributed by atoms with van der Waals surface area (Å²) in [7, 11) is 0. The predicted octanol–water partition coefficient (Wildman–Crippen LogP) is 0.553. The largest absolute Gasteiger partial charge is 0.507 e. The van der Waals surface area contributed by atoms with Crippen LogP contribution in [0.5, 0.6) is 5.75 Å². The molecule has 0 radical (unpaired) electrons. The van der Waals surface area contributed by atoms with Crippen LogP contribution in [-0.4, -0.2) is 50.6 Å². The van der Waals surface area contributed by atoms with Gasteiger partial charge >= 0.3 is 0 Å². The lowest BCUT2D eigenvalue weighted by molar-refractivity contribution is -0.118. The van der Waals surface area contributed by atoms with Crippen molar-refractivity contribution in [3.63, 3.8) is 0 Å². The molecule has 0 saturated carbocycles. The molecular weight excluding hydrogens is 334 g/mol. The number of nitrogens with two attached hydrogens (primary N) is 1. The summed E-state index contributed by atoms with van der Waals surface area (Å²) in [6.07, 6.45) is 3.34. The summed E-state index contributed by atoms with van der Waals surface area (Å²) in [5, 5.41) is 25.4. The number of anilines is 2. The molecule has 9 nitrogen and oxygen atoms in total. The molecule has 0 atom stereocenters. The first-order valence-electron chi connectivity index (χ1n) is 8.11. The standard InChI is InChI=1S/C17H17N7O2/c18-17-14(7-13(21-22-17)12-3-1-2-4-15(12)25)24-10-11(8-20-24)23-6-5-19-9-16(23)26/h1-4,7-8,10,19,25H,5-6,9H2,(H2,18,22). The Balaban J connectivity index is 1.71. The maximum Gasteiger partial charge on any atom is 0.241 e. The number of hydrogen-bond donors (Lipinski definition) is 3. The summed E-state index contributed by atoms with van der Waals surface area (Å²) in [5.41, 5.74) is 8.20. The average Bonchev–Trinajstić information content (AvgIpc) is 3.13. The Morgan fingerprint density at radius 1 is 1.23 bits per heavy atom. The highest BCUT2D eigenvalue weighted by molar-refractivity contribution is 5.95. The van der Waals surface area contributed by atoms with Crippen molar-refractivity contribution >= 4 is 17.4 Å². The van der Waals surface area contributed by atoms with Gasteiger partial charge in [-0.1, -0.05) is 12.1 Å². The summed E-state index contributed by atoms with van der Waals surface area (Å²) in [6.45, 7) is 1.62. The lowest BCUT2D eigenvalue weighted by atomic mass is 10.1. The Labute approximate surface area is 149 Å². The number of benzene rings is 1. The smallest absolute Gasteiger partial charge is 0.241 e. The highest BCUT2D eigenvalue weighted by atomic mass is 16.3. The van der Waals surface area contributed by atoms with Crippen LogP contribution in [0.15, 0.2) is 42.7 Å². The van der Waals surface area contributed by atoms with Crippen molar-refractivity contribution in [2.45, 2.75) is 0 Å². The number of aromatic nitrogens is 4. The first-order valence-corrected chi connectivity index (χ1v) is 8.11. The fourth-order valence-electron chi connectivity index (χ4n) is 2.86. The van der Waals surface area contributed by atoms with Crippen molar-refractivity contribution in [2.75, 3.05) is 30.3 Å². The van der Waals surface area contributed by atoms with Crippen LogP contribution in [0.1, 0.15) is 0 Å². The number of carbonyl (C=O) groups excluding carboxylic acids is 1. The number of para-hydroxylation sites is 1. The molecule has 4 N–H and O–H groups in total. The predicted molar refractivity (Wildman–Crippen MR) is 95.9 cm³/mol. The Morgan fingerprint density at radius 2 is 2.08 bits per heavy atom. The molecule has 2 aromatic heterocycles. The van der Waals surface area contributed by atoms with Crippen LogP contribution in [0.4, 0.5) is 11.5 Å². The molecule has 1 aliphatic heterocycles. The molecule has 0 spiro atoms. The number of nitrogen functional groups attached to an aromatic ring is 1. The van der Waals surface area contributed by atoms with Crippen LogP contribution in [-0.2, 0) is 4.79 Å². The number of nitrogens with zero attached hydrogens (tertiary/aromatic N) is 5. The molecule has 1 aliphatic rings. The van der Waals surface area contributed by atoms with Gasteiger partial charge in [0.15, 0.2) is 5.82 Å². The summed E-state index contributed by atoms with van der Waals surface area (Å²) >= 11 is 0. The SMILES string of the molecule is Nc1nnc(-c2ccccc2O)cc1-n1cc(N2CCNCC2=O)cn1. The van der Waals surface area contributed by atoms with Crippen molar-refractivity contribution in [2.24, 2.45) is 0 Å². The van der Waals surface area contributed by atoms with Gasteiger partial charge in [0.1, 0.15) is 11.4 Å². The molecule has 3 aromatic rings. The van der Waals surface area contributed by atoms with E-state index in [1.807, 2.05) is 0 Å². The van der Waals surface area contributed by atoms with Gasteiger partial charge in [0.25, 0.3) is 0 Å². The molecule has 26 heavy (non-hydrogen) atoms. The molecular formula is C17H17N7O2. The molecule has 0 aliphatic carbocycles. The van der Waals surface area contributed by atoms with Crippen LogP contribution >= 0.6 is 0 Å². The minimum atomic E-state index is -0.00785. The molecule has 3 heterocycles. The molecule has 1 saturated heterocycles. The molecule has 0 bridgehead atoms. The van der Waals surface area contributed by atoms with E-state index in [2.05, 4.69) is 20.6 Å². The van der Waals surface area contributed by atoms with E-state index in [0.717, 1.165) is 6.54 Å². The van der Waals surface area contributed by atoms with Crippen LogP contribution in [0.25, 0.3) is 16.9 Å². The zero-order valence-electron chi connectivity index (χ0n) is 13.8. The van der Waals surface area contributed by atoms with Gasteiger partial charge < -0.3 is 21.1 Å². The Morgan fingerprint density at radius 3 is 2.88 bits per heavy atom. The first-order chi connectivity index (χ1) is 12.6. The summed E-state index contributed by atoms with van der Waals surface area (Å²) in [6, 6.07) is 8.56. The van der Waals surface area contributed by atoms with Crippen molar-refractivity contribution in [1.29, 1.82) is 0 Å². The fourth-order valence-corrected chi connectivity index (χ4v) is 2.86. The number of hydrogen-bond acceptors (Lipinski definition) is 7. The maximum atomic E-state index is 12.0. The number of phenolic OH excluding ortho intramolecular Hbond substituents is 1. The number of aromatic hydroxyl groups is 1. The number of amides is 1. The molecule has 1 fully saturated rings.